The summed E-state index contributed by atoms with van der Waals surface area (Å²) >= 11 is 0. The molecule has 0 bridgehead atoms. The van der Waals surface area contributed by atoms with Crippen LogP contribution < -0.4 is 0 Å². The Morgan fingerprint density at radius 1 is 1.47 bits per heavy atom. The monoisotopic (exact) mass is 204 g/mol. The topological polar surface area (TPSA) is 82.7 Å². The lowest BCUT2D eigenvalue weighted by Crippen LogP contribution is -2.15. The largest absolute Gasteiger partial charge is 0.455 e. The molecule has 1 N–H and O–H groups in total. The van der Waals surface area contributed by atoms with Gasteiger partial charge in [-0.25, -0.2) is 4.79 Å². The van der Waals surface area contributed by atoms with Crippen molar-refractivity contribution in [3.05, 3.63) is 35.9 Å². The number of hydrogen-bond acceptors (Lipinski definition) is 5. The molecule has 0 heterocycles. The Kier molecular flexibility index (Phi) is 3.86. The van der Waals surface area contributed by atoms with E-state index >= 15 is 0 Å². The average molecular weight is 204 g/mol. The van der Waals surface area contributed by atoms with Gasteiger partial charge in [0, 0.05) is 0 Å². The van der Waals surface area contributed by atoms with Crippen molar-refractivity contribution < 1.29 is 14.7 Å². The summed E-state index contributed by atoms with van der Waals surface area (Å²) in [6, 6.07) is 10.4. The Balaban J connectivity index is 2.53. The van der Waals surface area contributed by atoms with Gasteiger partial charge in [0.1, 0.15) is 12.7 Å². The first-order valence-electron chi connectivity index (χ1n) is 4.11. The lowest BCUT2D eigenvalue weighted by atomic mass is 10.2. The summed E-state index contributed by atoms with van der Waals surface area (Å²) in [5.41, 5.74) is 0.131. The second-order valence-electron chi connectivity index (χ2n) is 2.62. The number of benzene rings is 1. The Labute approximate surface area is 86.2 Å². The van der Waals surface area contributed by atoms with Crippen LogP contribution in [0.25, 0.3) is 0 Å². The fourth-order valence-corrected chi connectivity index (χ4v) is 0.900. The molecule has 0 aliphatic heterocycles. The maximum atomic E-state index is 11.0. The number of carbonyl (C=O) groups is 1. The number of carbonyl (C=O) groups excluding carboxylic acids is 1. The first-order chi connectivity index (χ1) is 7.27. The van der Waals surface area contributed by atoms with Gasteiger partial charge in [0.05, 0.1) is 0 Å². The van der Waals surface area contributed by atoms with Crippen molar-refractivity contribution in [2.45, 2.75) is 6.61 Å². The molecule has 1 aromatic carbocycles. The predicted molar refractivity (Wildman–Crippen MR) is 51.1 cm³/mol. The highest BCUT2D eigenvalue weighted by molar-refractivity contribution is 6.42. The van der Waals surface area contributed by atoms with Crippen LogP contribution in [0, 0.1) is 11.3 Å². The summed E-state index contributed by atoms with van der Waals surface area (Å²) in [4.78, 5) is 11.0. The predicted octanol–water partition coefficient (Wildman–Crippen LogP) is 1.08. The summed E-state index contributed by atoms with van der Waals surface area (Å²) in [5.74, 6) is -0.941. The fraction of sp³-hybridized carbons (Fsp3) is 0.100. The molecule has 0 atom stereocenters. The summed E-state index contributed by atoms with van der Waals surface area (Å²) in [6.07, 6.45) is 0. The van der Waals surface area contributed by atoms with Crippen LogP contribution >= 0.6 is 0 Å². The molecule has 5 heteroatoms. The molecule has 0 saturated heterocycles. The van der Waals surface area contributed by atoms with E-state index in [1.54, 1.807) is 24.3 Å². The normalized spacial score (nSPS) is 10.5. The van der Waals surface area contributed by atoms with Crippen molar-refractivity contribution in [1.82, 2.24) is 0 Å². The molecule has 1 rings (SSSR count). The molecule has 1 aromatic rings. The molecule has 0 amide bonds. The highest BCUT2D eigenvalue weighted by Crippen LogP contribution is 2.00. The van der Waals surface area contributed by atoms with Gasteiger partial charge in [-0.2, -0.15) is 5.26 Å². The molecule has 0 aliphatic carbocycles. The second-order valence-corrected chi connectivity index (χ2v) is 2.62. The van der Waals surface area contributed by atoms with E-state index in [4.69, 9.17) is 15.2 Å². The van der Waals surface area contributed by atoms with E-state index in [1.807, 2.05) is 6.07 Å². The van der Waals surface area contributed by atoms with Crippen molar-refractivity contribution >= 4 is 11.7 Å². The summed E-state index contributed by atoms with van der Waals surface area (Å²) in [7, 11) is 0. The maximum absolute atomic E-state index is 11.0. The van der Waals surface area contributed by atoms with Crippen LogP contribution in [0.3, 0.4) is 0 Å². The molecule has 0 saturated carbocycles. The zero-order valence-corrected chi connectivity index (χ0v) is 7.75. The second kappa shape index (κ2) is 5.40. The van der Waals surface area contributed by atoms with Crippen molar-refractivity contribution in [1.29, 1.82) is 5.26 Å². The van der Waals surface area contributed by atoms with E-state index in [0.717, 1.165) is 5.56 Å². The molecule has 0 aromatic heterocycles. The zero-order chi connectivity index (χ0) is 11.1. The first kappa shape index (κ1) is 10.7. The highest BCUT2D eigenvalue weighted by atomic mass is 16.5. The van der Waals surface area contributed by atoms with Gasteiger partial charge in [-0.05, 0) is 5.56 Å². The maximum Gasteiger partial charge on any atom is 0.371 e. The molecule has 0 spiro atoms. The number of oxime groups is 1. The Morgan fingerprint density at radius 3 is 2.67 bits per heavy atom. The highest BCUT2D eigenvalue weighted by Gasteiger charge is 2.12. The lowest BCUT2D eigenvalue weighted by Gasteiger charge is -2.01. The van der Waals surface area contributed by atoms with E-state index in [0.29, 0.717) is 0 Å². The minimum absolute atomic E-state index is 0.0420. The van der Waals surface area contributed by atoms with Crippen LogP contribution in [-0.2, 0) is 16.1 Å². The first-order valence-corrected chi connectivity index (χ1v) is 4.11. The van der Waals surface area contributed by atoms with E-state index in [9.17, 15) is 4.79 Å². The standard InChI is InChI=1S/C10H8N2O3/c11-6-9(12-14)10(13)15-7-8-4-2-1-3-5-8/h1-5,14H,7H2/b12-9-. The van der Waals surface area contributed by atoms with Gasteiger partial charge in [-0.3, -0.25) is 0 Å². The van der Waals surface area contributed by atoms with Crippen LogP contribution in [0.1, 0.15) is 5.56 Å². The van der Waals surface area contributed by atoms with Crippen LogP contribution in [-0.4, -0.2) is 16.9 Å². The minimum Gasteiger partial charge on any atom is -0.455 e. The number of ether oxygens (including phenoxy) is 1. The smallest absolute Gasteiger partial charge is 0.371 e. The molecular formula is C10H8N2O3. The van der Waals surface area contributed by atoms with Gasteiger partial charge >= 0.3 is 5.97 Å². The van der Waals surface area contributed by atoms with Gasteiger partial charge < -0.3 is 9.94 Å². The summed E-state index contributed by atoms with van der Waals surface area (Å²) in [6.45, 7) is 0.0420. The third kappa shape index (κ3) is 3.12. The summed E-state index contributed by atoms with van der Waals surface area (Å²) in [5, 5.41) is 19.1. The molecule has 0 fully saturated rings. The van der Waals surface area contributed by atoms with Gasteiger partial charge in [-0.15, -0.1) is 0 Å². The van der Waals surface area contributed by atoms with E-state index in [1.165, 1.54) is 6.07 Å². The van der Waals surface area contributed by atoms with Gasteiger partial charge in [0.15, 0.2) is 0 Å². The number of esters is 1. The van der Waals surface area contributed by atoms with Crippen LogP contribution in [0.15, 0.2) is 35.5 Å². The SMILES string of the molecule is N#C/C(=N/O)C(=O)OCc1ccccc1. The molecule has 0 unspecified atom stereocenters. The molecule has 0 aliphatic rings. The quantitative estimate of drug-likeness (QED) is 0.345. The van der Waals surface area contributed by atoms with Gasteiger partial charge in [0.2, 0.25) is 0 Å². The van der Waals surface area contributed by atoms with Crippen LogP contribution in [0.2, 0.25) is 0 Å². The Hall–Kier alpha value is -2.35. The molecule has 5 nitrogen and oxygen atoms in total. The lowest BCUT2D eigenvalue weighted by molar-refractivity contribution is -0.136. The van der Waals surface area contributed by atoms with Crippen LogP contribution in [0.4, 0.5) is 0 Å². The summed E-state index contributed by atoms with van der Waals surface area (Å²) < 4.78 is 4.72. The van der Waals surface area contributed by atoms with Gasteiger partial charge in [0.25, 0.3) is 5.71 Å². The third-order valence-electron chi connectivity index (χ3n) is 1.61. The zero-order valence-electron chi connectivity index (χ0n) is 7.75. The van der Waals surface area contributed by atoms with Gasteiger partial charge in [-0.1, -0.05) is 35.5 Å². The van der Waals surface area contributed by atoms with Crippen molar-refractivity contribution in [2.75, 3.05) is 0 Å². The Morgan fingerprint density at radius 2 is 2.13 bits per heavy atom. The number of hydrogen-bond donors (Lipinski definition) is 1. The van der Waals surface area contributed by atoms with Crippen LogP contribution in [0.5, 0.6) is 0 Å². The van der Waals surface area contributed by atoms with E-state index in [2.05, 4.69) is 5.16 Å². The van der Waals surface area contributed by atoms with E-state index in [-0.39, 0.29) is 6.61 Å². The number of nitrogens with zero attached hydrogens (tertiary/aromatic N) is 2. The average Bonchev–Trinajstić information content (AvgIpc) is 2.29. The van der Waals surface area contributed by atoms with Crippen molar-refractivity contribution in [3.8, 4) is 6.07 Å². The molecular weight excluding hydrogens is 196 g/mol. The Bertz CT molecular complexity index is 406. The molecule has 15 heavy (non-hydrogen) atoms. The third-order valence-corrected chi connectivity index (χ3v) is 1.61. The molecule has 76 valence electrons. The number of rotatable bonds is 3. The fourth-order valence-electron chi connectivity index (χ4n) is 0.900. The number of nitriles is 1. The van der Waals surface area contributed by atoms with Crippen molar-refractivity contribution in [3.63, 3.8) is 0 Å². The molecule has 0 radical (unpaired) electrons. The van der Waals surface area contributed by atoms with E-state index < -0.39 is 11.7 Å². The minimum atomic E-state index is -0.941. The van der Waals surface area contributed by atoms with Crippen molar-refractivity contribution in [2.24, 2.45) is 5.16 Å².